The molecule has 2 rings (SSSR count). The van der Waals surface area contributed by atoms with Crippen LogP contribution in [0.15, 0.2) is 58.1 Å². The second-order valence-corrected chi connectivity index (χ2v) is 5.94. The van der Waals surface area contributed by atoms with E-state index >= 15 is 0 Å². The Labute approximate surface area is 133 Å². The molecule has 2 aromatic carbocycles. The van der Waals surface area contributed by atoms with Gasteiger partial charge in [-0.15, -0.1) is 0 Å². The van der Waals surface area contributed by atoms with Crippen molar-refractivity contribution < 1.29 is 4.79 Å². The Morgan fingerprint density at radius 2 is 1.71 bits per heavy atom. The summed E-state index contributed by atoms with van der Waals surface area (Å²) < 4.78 is 0.938. The molecule has 21 heavy (non-hydrogen) atoms. The number of hydrogen-bond acceptors (Lipinski definition) is 2. The number of benzene rings is 2. The first-order valence-corrected chi connectivity index (χ1v) is 7.54. The minimum atomic E-state index is -0.224. The fraction of sp³-hybridized carbons (Fsp3) is 0.176. The van der Waals surface area contributed by atoms with Crippen molar-refractivity contribution in [2.45, 2.75) is 19.8 Å². The zero-order valence-corrected chi connectivity index (χ0v) is 13.6. The van der Waals surface area contributed by atoms with Gasteiger partial charge in [0.2, 0.25) is 0 Å². The molecular formula is C17H17BrN2O. The van der Waals surface area contributed by atoms with Crippen molar-refractivity contribution in [1.82, 2.24) is 5.43 Å². The van der Waals surface area contributed by atoms with E-state index in [0.717, 1.165) is 10.0 Å². The number of carbonyl (C=O) groups excluding carboxylic acids is 1. The van der Waals surface area contributed by atoms with Gasteiger partial charge in [-0.05, 0) is 41.3 Å². The summed E-state index contributed by atoms with van der Waals surface area (Å²) in [6.07, 6.45) is 1.64. The summed E-state index contributed by atoms with van der Waals surface area (Å²) in [5.74, 6) is 0.283. The van der Waals surface area contributed by atoms with Crippen molar-refractivity contribution in [3.05, 3.63) is 69.7 Å². The smallest absolute Gasteiger partial charge is 0.267 e. The van der Waals surface area contributed by atoms with Crippen LogP contribution in [0.25, 0.3) is 0 Å². The molecule has 0 aliphatic carbocycles. The number of amides is 1. The van der Waals surface area contributed by atoms with Gasteiger partial charge < -0.3 is 0 Å². The lowest BCUT2D eigenvalue weighted by molar-refractivity contribution is 0.0955. The van der Waals surface area contributed by atoms with Gasteiger partial charge in [0.1, 0.15) is 0 Å². The van der Waals surface area contributed by atoms with Crippen molar-refractivity contribution in [1.29, 1.82) is 0 Å². The molecule has 0 saturated heterocycles. The largest absolute Gasteiger partial charge is 0.271 e. The molecule has 0 radical (unpaired) electrons. The summed E-state index contributed by atoms with van der Waals surface area (Å²) in [7, 11) is 0. The van der Waals surface area contributed by atoms with E-state index < -0.39 is 0 Å². The van der Waals surface area contributed by atoms with E-state index in [9.17, 15) is 4.79 Å². The monoisotopic (exact) mass is 344 g/mol. The zero-order chi connectivity index (χ0) is 15.2. The van der Waals surface area contributed by atoms with E-state index in [1.807, 2.05) is 24.3 Å². The Kier molecular flexibility index (Phi) is 5.28. The molecule has 0 fully saturated rings. The molecule has 4 heteroatoms. The molecular weight excluding hydrogens is 328 g/mol. The summed E-state index contributed by atoms with van der Waals surface area (Å²) in [5, 5.41) is 3.98. The third-order valence-electron chi connectivity index (χ3n) is 3.09. The van der Waals surface area contributed by atoms with Gasteiger partial charge in [-0.1, -0.05) is 54.0 Å². The first kappa shape index (κ1) is 15.4. The fourth-order valence-electron chi connectivity index (χ4n) is 1.80. The van der Waals surface area contributed by atoms with Crippen molar-refractivity contribution in [3.63, 3.8) is 0 Å². The molecule has 1 N–H and O–H groups in total. The molecule has 2 aromatic rings. The van der Waals surface area contributed by atoms with Gasteiger partial charge in [0.25, 0.3) is 5.91 Å². The van der Waals surface area contributed by atoms with Crippen LogP contribution in [0.5, 0.6) is 0 Å². The first-order valence-electron chi connectivity index (χ1n) is 6.75. The van der Waals surface area contributed by atoms with Crippen LogP contribution in [0.2, 0.25) is 0 Å². The van der Waals surface area contributed by atoms with Crippen LogP contribution < -0.4 is 5.43 Å². The Morgan fingerprint density at radius 1 is 1.10 bits per heavy atom. The average Bonchev–Trinajstić information content (AvgIpc) is 2.48. The Hall–Kier alpha value is -1.94. The van der Waals surface area contributed by atoms with Crippen molar-refractivity contribution >= 4 is 28.1 Å². The lowest BCUT2D eigenvalue weighted by Gasteiger charge is -2.04. The first-order chi connectivity index (χ1) is 10.1. The molecule has 0 aliphatic rings. The average molecular weight is 345 g/mol. The van der Waals surface area contributed by atoms with E-state index in [2.05, 4.69) is 52.4 Å². The van der Waals surface area contributed by atoms with E-state index in [-0.39, 0.29) is 5.91 Å². The molecule has 0 unspecified atom stereocenters. The van der Waals surface area contributed by atoms with E-state index in [4.69, 9.17) is 0 Å². The lowest BCUT2D eigenvalue weighted by atomic mass is 10.0. The van der Waals surface area contributed by atoms with Crippen LogP contribution in [-0.2, 0) is 0 Å². The van der Waals surface area contributed by atoms with Crippen LogP contribution in [0, 0.1) is 0 Å². The van der Waals surface area contributed by atoms with E-state index in [1.165, 1.54) is 5.56 Å². The summed E-state index contributed by atoms with van der Waals surface area (Å²) >= 11 is 3.33. The summed E-state index contributed by atoms with van der Waals surface area (Å²) in [6, 6.07) is 15.3. The third kappa shape index (κ3) is 4.53. The third-order valence-corrected chi connectivity index (χ3v) is 3.62. The number of rotatable bonds is 4. The highest BCUT2D eigenvalue weighted by Crippen LogP contribution is 2.14. The standard InChI is InChI=1S/C17H17BrN2O/c1-12(2)14-5-3-13(4-6-14)11-19-20-17(21)15-7-9-16(18)10-8-15/h3-12H,1-2H3,(H,20,21)/b19-11+. The van der Waals surface area contributed by atoms with E-state index in [0.29, 0.717) is 11.5 Å². The van der Waals surface area contributed by atoms with Crippen molar-refractivity contribution in [2.24, 2.45) is 5.10 Å². The highest BCUT2D eigenvalue weighted by molar-refractivity contribution is 9.10. The van der Waals surface area contributed by atoms with Gasteiger partial charge in [0, 0.05) is 10.0 Å². The number of hydrogen-bond donors (Lipinski definition) is 1. The molecule has 0 heterocycles. The topological polar surface area (TPSA) is 41.5 Å². The summed E-state index contributed by atoms with van der Waals surface area (Å²) in [6.45, 7) is 4.31. The maximum absolute atomic E-state index is 11.8. The molecule has 0 atom stereocenters. The second kappa shape index (κ2) is 7.18. The highest BCUT2D eigenvalue weighted by Gasteiger charge is 2.03. The molecule has 0 aliphatic heterocycles. The van der Waals surface area contributed by atoms with Gasteiger partial charge in [0.05, 0.1) is 6.21 Å². The predicted octanol–water partition coefficient (Wildman–Crippen LogP) is 4.34. The van der Waals surface area contributed by atoms with Crippen molar-refractivity contribution in [3.8, 4) is 0 Å². The lowest BCUT2D eigenvalue weighted by Crippen LogP contribution is -2.17. The molecule has 0 bridgehead atoms. The molecule has 1 amide bonds. The molecule has 3 nitrogen and oxygen atoms in total. The van der Waals surface area contributed by atoms with Crippen LogP contribution >= 0.6 is 15.9 Å². The van der Waals surface area contributed by atoms with Crippen LogP contribution in [0.3, 0.4) is 0 Å². The Morgan fingerprint density at radius 3 is 2.29 bits per heavy atom. The molecule has 0 spiro atoms. The van der Waals surface area contributed by atoms with E-state index in [1.54, 1.807) is 18.3 Å². The van der Waals surface area contributed by atoms with Gasteiger partial charge in [-0.25, -0.2) is 5.43 Å². The van der Waals surface area contributed by atoms with Gasteiger partial charge in [-0.3, -0.25) is 4.79 Å². The highest BCUT2D eigenvalue weighted by atomic mass is 79.9. The second-order valence-electron chi connectivity index (χ2n) is 5.03. The molecule has 0 aromatic heterocycles. The number of carbonyl (C=O) groups is 1. The minimum Gasteiger partial charge on any atom is -0.267 e. The number of nitrogens with zero attached hydrogens (tertiary/aromatic N) is 1. The fourth-order valence-corrected chi connectivity index (χ4v) is 2.06. The minimum absolute atomic E-state index is 0.224. The summed E-state index contributed by atoms with van der Waals surface area (Å²) in [5.41, 5.74) is 5.33. The number of hydrazone groups is 1. The maximum atomic E-state index is 11.8. The molecule has 108 valence electrons. The van der Waals surface area contributed by atoms with Crippen LogP contribution in [0.4, 0.5) is 0 Å². The number of halogens is 1. The zero-order valence-electron chi connectivity index (χ0n) is 12.0. The normalized spacial score (nSPS) is 11.0. The quantitative estimate of drug-likeness (QED) is 0.650. The Bertz CT molecular complexity index is 631. The van der Waals surface area contributed by atoms with Gasteiger partial charge in [-0.2, -0.15) is 5.10 Å². The summed E-state index contributed by atoms with van der Waals surface area (Å²) in [4.78, 5) is 11.8. The number of nitrogens with one attached hydrogen (secondary N) is 1. The Balaban J connectivity index is 1.95. The predicted molar refractivity (Wildman–Crippen MR) is 89.7 cm³/mol. The van der Waals surface area contributed by atoms with Gasteiger partial charge in [0.15, 0.2) is 0 Å². The van der Waals surface area contributed by atoms with Crippen molar-refractivity contribution in [2.75, 3.05) is 0 Å². The SMILES string of the molecule is CC(C)c1ccc(/C=N/NC(=O)c2ccc(Br)cc2)cc1. The molecule has 0 saturated carbocycles. The maximum Gasteiger partial charge on any atom is 0.271 e. The van der Waals surface area contributed by atoms with Crippen LogP contribution in [0.1, 0.15) is 41.3 Å². The van der Waals surface area contributed by atoms with Crippen LogP contribution in [-0.4, -0.2) is 12.1 Å². The van der Waals surface area contributed by atoms with Gasteiger partial charge >= 0.3 is 0 Å².